The number of anilines is 1. The second-order valence-electron chi connectivity index (χ2n) is 4.94. The molecule has 3 nitrogen and oxygen atoms in total. The molecule has 0 saturated heterocycles. The number of nitrogens with one attached hydrogen (secondary N) is 1. The minimum atomic E-state index is 0.182. The average Bonchev–Trinajstić information content (AvgIpc) is 2.50. The molecule has 0 amide bonds. The van der Waals surface area contributed by atoms with E-state index in [-0.39, 0.29) is 6.04 Å². The Morgan fingerprint density at radius 1 is 1.15 bits per heavy atom. The predicted molar refractivity (Wildman–Crippen MR) is 78.2 cm³/mol. The Labute approximate surface area is 118 Å². The minimum Gasteiger partial charge on any atom is -0.376 e. The van der Waals surface area contributed by atoms with Gasteiger partial charge in [-0.05, 0) is 28.8 Å². The SMILES string of the molecule is N#CCc1ccc(NC2COCc3ccccc32)cc1. The highest BCUT2D eigenvalue weighted by Gasteiger charge is 2.19. The topological polar surface area (TPSA) is 45.0 Å². The molecule has 1 aliphatic heterocycles. The van der Waals surface area contributed by atoms with E-state index in [0.717, 1.165) is 11.3 Å². The van der Waals surface area contributed by atoms with Crippen molar-refractivity contribution in [1.29, 1.82) is 5.26 Å². The Morgan fingerprint density at radius 3 is 2.75 bits per heavy atom. The summed E-state index contributed by atoms with van der Waals surface area (Å²) < 4.78 is 5.64. The van der Waals surface area contributed by atoms with Gasteiger partial charge in [0.2, 0.25) is 0 Å². The van der Waals surface area contributed by atoms with Crippen LogP contribution >= 0.6 is 0 Å². The van der Waals surface area contributed by atoms with Crippen molar-refractivity contribution in [3.63, 3.8) is 0 Å². The number of nitrogens with zero attached hydrogens (tertiary/aromatic N) is 1. The molecule has 0 bridgehead atoms. The molecule has 0 saturated carbocycles. The molecule has 0 radical (unpaired) electrons. The van der Waals surface area contributed by atoms with Crippen LogP contribution in [0.1, 0.15) is 22.7 Å². The van der Waals surface area contributed by atoms with Crippen molar-refractivity contribution in [1.82, 2.24) is 0 Å². The third-order valence-corrected chi connectivity index (χ3v) is 3.55. The lowest BCUT2D eigenvalue weighted by atomic mass is 9.99. The van der Waals surface area contributed by atoms with Crippen molar-refractivity contribution in [2.75, 3.05) is 11.9 Å². The fraction of sp³-hybridized carbons (Fsp3) is 0.235. The maximum absolute atomic E-state index is 8.68. The average molecular weight is 264 g/mol. The molecule has 1 N–H and O–H groups in total. The Kier molecular flexibility index (Phi) is 3.67. The molecule has 0 fully saturated rings. The summed E-state index contributed by atoms with van der Waals surface area (Å²) in [5.41, 5.74) is 4.65. The number of fused-ring (bicyclic) bond motifs is 1. The van der Waals surface area contributed by atoms with Crippen LogP contribution in [0, 0.1) is 11.3 Å². The Bertz CT molecular complexity index is 628. The maximum Gasteiger partial charge on any atom is 0.0751 e. The second kappa shape index (κ2) is 5.77. The molecule has 0 spiro atoms. The van der Waals surface area contributed by atoms with Gasteiger partial charge in [0.1, 0.15) is 0 Å². The lowest BCUT2D eigenvalue weighted by Gasteiger charge is -2.27. The third-order valence-electron chi connectivity index (χ3n) is 3.55. The highest BCUT2D eigenvalue weighted by molar-refractivity contribution is 5.48. The van der Waals surface area contributed by atoms with Crippen LogP contribution in [0.2, 0.25) is 0 Å². The monoisotopic (exact) mass is 264 g/mol. The Balaban J connectivity index is 1.77. The van der Waals surface area contributed by atoms with Gasteiger partial charge in [-0.1, -0.05) is 36.4 Å². The molecule has 0 aromatic heterocycles. The van der Waals surface area contributed by atoms with Crippen LogP contribution in [0.5, 0.6) is 0 Å². The van der Waals surface area contributed by atoms with Crippen LogP contribution < -0.4 is 5.32 Å². The van der Waals surface area contributed by atoms with Gasteiger partial charge in [-0.2, -0.15) is 5.26 Å². The fourth-order valence-corrected chi connectivity index (χ4v) is 2.51. The fourth-order valence-electron chi connectivity index (χ4n) is 2.51. The summed E-state index contributed by atoms with van der Waals surface area (Å²) >= 11 is 0. The Hall–Kier alpha value is -2.31. The molecule has 1 heterocycles. The number of ether oxygens (including phenoxy) is 1. The number of hydrogen-bond acceptors (Lipinski definition) is 3. The van der Waals surface area contributed by atoms with Crippen molar-refractivity contribution >= 4 is 5.69 Å². The zero-order valence-corrected chi connectivity index (χ0v) is 11.2. The van der Waals surface area contributed by atoms with Crippen LogP contribution in [0.15, 0.2) is 48.5 Å². The zero-order valence-electron chi connectivity index (χ0n) is 11.2. The van der Waals surface area contributed by atoms with E-state index in [4.69, 9.17) is 10.00 Å². The van der Waals surface area contributed by atoms with E-state index in [0.29, 0.717) is 19.6 Å². The molecule has 100 valence electrons. The summed E-state index contributed by atoms with van der Waals surface area (Å²) in [5, 5.41) is 12.2. The second-order valence-corrected chi connectivity index (χ2v) is 4.94. The van der Waals surface area contributed by atoms with Gasteiger partial charge >= 0.3 is 0 Å². The van der Waals surface area contributed by atoms with Gasteiger partial charge < -0.3 is 10.1 Å². The molecule has 1 unspecified atom stereocenters. The van der Waals surface area contributed by atoms with Crippen LogP contribution in [-0.4, -0.2) is 6.61 Å². The molecule has 3 rings (SSSR count). The van der Waals surface area contributed by atoms with Crippen molar-refractivity contribution in [3.8, 4) is 6.07 Å². The summed E-state index contributed by atoms with van der Waals surface area (Å²) in [4.78, 5) is 0. The van der Waals surface area contributed by atoms with Gasteiger partial charge in [0.15, 0.2) is 0 Å². The summed E-state index contributed by atoms with van der Waals surface area (Å²) in [7, 11) is 0. The van der Waals surface area contributed by atoms with Crippen molar-refractivity contribution in [3.05, 3.63) is 65.2 Å². The van der Waals surface area contributed by atoms with E-state index >= 15 is 0 Å². The predicted octanol–water partition coefficient (Wildman–Crippen LogP) is 3.44. The zero-order chi connectivity index (χ0) is 13.8. The molecule has 1 atom stereocenters. The summed E-state index contributed by atoms with van der Waals surface area (Å²) in [6.45, 7) is 1.37. The quantitative estimate of drug-likeness (QED) is 0.923. The first-order chi connectivity index (χ1) is 9.86. The first kappa shape index (κ1) is 12.7. The van der Waals surface area contributed by atoms with Crippen molar-refractivity contribution < 1.29 is 4.74 Å². The van der Waals surface area contributed by atoms with Gasteiger partial charge in [-0.3, -0.25) is 0 Å². The number of rotatable bonds is 3. The van der Waals surface area contributed by atoms with E-state index in [1.165, 1.54) is 11.1 Å². The van der Waals surface area contributed by atoms with Crippen LogP contribution in [0.3, 0.4) is 0 Å². The highest BCUT2D eigenvalue weighted by Crippen LogP contribution is 2.27. The van der Waals surface area contributed by atoms with Gasteiger partial charge in [0, 0.05) is 5.69 Å². The van der Waals surface area contributed by atoms with E-state index in [2.05, 4.69) is 29.6 Å². The highest BCUT2D eigenvalue weighted by atomic mass is 16.5. The molecule has 20 heavy (non-hydrogen) atoms. The minimum absolute atomic E-state index is 0.182. The van der Waals surface area contributed by atoms with Crippen LogP contribution in [0.4, 0.5) is 5.69 Å². The normalized spacial score (nSPS) is 17.1. The third kappa shape index (κ3) is 2.66. The summed E-state index contributed by atoms with van der Waals surface area (Å²) in [5.74, 6) is 0. The van der Waals surface area contributed by atoms with E-state index < -0.39 is 0 Å². The lowest BCUT2D eigenvalue weighted by Crippen LogP contribution is -2.23. The largest absolute Gasteiger partial charge is 0.376 e. The number of hydrogen-bond donors (Lipinski definition) is 1. The lowest BCUT2D eigenvalue weighted by molar-refractivity contribution is 0.0970. The standard InChI is InChI=1S/C17H16N2O/c18-10-9-13-5-7-15(8-6-13)19-17-12-20-11-14-3-1-2-4-16(14)17/h1-8,17,19H,9,11-12H2. The Morgan fingerprint density at radius 2 is 1.95 bits per heavy atom. The molecule has 1 aliphatic rings. The van der Waals surface area contributed by atoms with Gasteiger partial charge in [0.25, 0.3) is 0 Å². The van der Waals surface area contributed by atoms with Gasteiger partial charge in [-0.15, -0.1) is 0 Å². The molecular formula is C17H16N2O. The van der Waals surface area contributed by atoms with Crippen LogP contribution in [0.25, 0.3) is 0 Å². The summed E-state index contributed by atoms with van der Waals surface area (Å²) in [6.07, 6.45) is 0.454. The van der Waals surface area contributed by atoms with Gasteiger partial charge in [-0.25, -0.2) is 0 Å². The molecule has 2 aromatic carbocycles. The van der Waals surface area contributed by atoms with Crippen molar-refractivity contribution in [2.24, 2.45) is 0 Å². The molecule has 3 heteroatoms. The maximum atomic E-state index is 8.68. The first-order valence-corrected chi connectivity index (χ1v) is 6.75. The van der Waals surface area contributed by atoms with Crippen molar-refractivity contribution in [2.45, 2.75) is 19.1 Å². The first-order valence-electron chi connectivity index (χ1n) is 6.75. The smallest absolute Gasteiger partial charge is 0.0751 e. The number of nitriles is 1. The molecule has 2 aromatic rings. The molecular weight excluding hydrogens is 248 g/mol. The van der Waals surface area contributed by atoms with E-state index in [1.807, 2.05) is 30.3 Å². The van der Waals surface area contributed by atoms with Crippen LogP contribution in [-0.2, 0) is 17.8 Å². The molecule has 0 aliphatic carbocycles. The summed E-state index contributed by atoms with van der Waals surface area (Å²) in [6, 6.07) is 18.7. The number of benzene rings is 2. The van der Waals surface area contributed by atoms with E-state index in [1.54, 1.807) is 0 Å². The van der Waals surface area contributed by atoms with E-state index in [9.17, 15) is 0 Å². The van der Waals surface area contributed by atoms with Gasteiger partial charge in [0.05, 0.1) is 31.7 Å².